The molecule has 0 radical (unpaired) electrons. The molecule has 65 heavy (non-hydrogen) atoms. The van der Waals surface area contributed by atoms with Crippen LogP contribution in [0.25, 0.3) is 0 Å². The van der Waals surface area contributed by atoms with Gasteiger partial charge in [-0.1, -0.05) is 58.8 Å². The van der Waals surface area contributed by atoms with Crippen LogP contribution in [-0.4, -0.2) is 136 Å². The second-order valence-corrected chi connectivity index (χ2v) is 16.7. The van der Waals surface area contributed by atoms with E-state index >= 15 is 0 Å². The Balaban J connectivity index is 2.10. The Bertz CT molecular complexity index is 1760. The van der Waals surface area contributed by atoms with Crippen LogP contribution in [0.1, 0.15) is 117 Å². The Kier molecular flexibility index (Phi) is 25.0. The lowest BCUT2D eigenvalue weighted by Crippen LogP contribution is -2.60. The molecule has 0 aliphatic carbocycles. The summed E-state index contributed by atoms with van der Waals surface area (Å²) in [7, 11) is 0. The van der Waals surface area contributed by atoms with E-state index < -0.39 is 121 Å². The standard InChI is InChI=1S/C42H69N11O12/c1-24(2)12-10-8-6-5-7-9-11-13-35(58)53-37(26(4)54)42(64)47-21-36(59)48-25(3)38(60)52-30-22-65-23-31(55)27(14-16-32(43)56)49-39(61)28(15-17-33(44)57)50-40(62)29(51-41(30)63)20-34-45-18-19-46-34/h18-19,24-30,37,54H,5-17,20-23H2,1-4H3,(H2,43,56)(H2,44,57)(H,45,46)(H,47,64)(H,48,59)(H,49,61)(H,50,62)(H,51,63)(H,52,60)(H,53,58)/t25-,26+,27-,28-,29-,30-,37-/m0/s1. The maximum atomic E-state index is 13.8. The van der Waals surface area contributed by atoms with Gasteiger partial charge in [-0.15, -0.1) is 0 Å². The molecule has 23 heteroatoms. The molecule has 13 N–H and O–H groups in total. The number of ketones is 1. The molecular weight excluding hydrogens is 851 g/mol. The highest BCUT2D eigenvalue weighted by Crippen LogP contribution is 2.13. The van der Waals surface area contributed by atoms with E-state index in [1.165, 1.54) is 45.5 Å². The molecule has 1 aromatic heterocycles. The minimum atomic E-state index is -1.59. The van der Waals surface area contributed by atoms with Gasteiger partial charge in [0.1, 0.15) is 42.6 Å². The molecule has 1 aromatic rings. The lowest BCUT2D eigenvalue weighted by atomic mass is 10.0. The van der Waals surface area contributed by atoms with E-state index in [4.69, 9.17) is 16.2 Å². The molecular formula is C42H69N11O12. The average Bonchev–Trinajstić information content (AvgIpc) is 3.75. The van der Waals surface area contributed by atoms with Crippen molar-refractivity contribution in [1.82, 2.24) is 47.2 Å². The van der Waals surface area contributed by atoms with Gasteiger partial charge in [0.25, 0.3) is 0 Å². The summed E-state index contributed by atoms with van der Waals surface area (Å²) in [5.41, 5.74) is 10.6. The number of carbonyl (C=O) groups excluding carboxylic acids is 10. The molecule has 364 valence electrons. The number of aromatic nitrogens is 2. The molecule has 7 atom stereocenters. The second-order valence-electron chi connectivity index (χ2n) is 16.7. The molecule has 2 rings (SSSR count). The second kappa shape index (κ2) is 29.5. The first kappa shape index (κ1) is 55.2. The van der Waals surface area contributed by atoms with Gasteiger partial charge < -0.3 is 63.5 Å². The fourth-order valence-corrected chi connectivity index (χ4v) is 6.65. The van der Waals surface area contributed by atoms with Crippen molar-refractivity contribution in [2.45, 2.75) is 160 Å². The van der Waals surface area contributed by atoms with Gasteiger partial charge in [0, 0.05) is 38.1 Å². The minimum absolute atomic E-state index is 0.156. The zero-order valence-corrected chi connectivity index (χ0v) is 37.8. The largest absolute Gasteiger partial charge is 0.391 e. The number of unbranched alkanes of at least 4 members (excludes halogenated alkanes) is 6. The van der Waals surface area contributed by atoms with Crippen molar-refractivity contribution in [3.05, 3.63) is 18.2 Å². The molecule has 1 saturated heterocycles. The number of H-pyrrole nitrogens is 1. The van der Waals surface area contributed by atoms with Gasteiger partial charge >= 0.3 is 0 Å². The number of ether oxygens (including phenoxy) is 1. The summed E-state index contributed by atoms with van der Waals surface area (Å²) in [4.78, 5) is 136. The fraction of sp³-hybridized carbons (Fsp3) is 0.690. The number of primary amides is 2. The van der Waals surface area contributed by atoms with Crippen molar-refractivity contribution in [2.75, 3.05) is 19.8 Å². The van der Waals surface area contributed by atoms with Gasteiger partial charge in [-0.3, -0.25) is 47.9 Å². The van der Waals surface area contributed by atoms with Gasteiger partial charge in [-0.2, -0.15) is 0 Å². The lowest BCUT2D eigenvalue weighted by Gasteiger charge is -2.27. The first-order chi connectivity index (χ1) is 30.8. The summed E-state index contributed by atoms with van der Waals surface area (Å²) < 4.78 is 5.51. The summed E-state index contributed by atoms with van der Waals surface area (Å²) in [5, 5.41) is 27.3. The zero-order valence-electron chi connectivity index (χ0n) is 37.8. The van der Waals surface area contributed by atoms with Crippen LogP contribution in [0, 0.1) is 5.92 Å². The predicted octanol–water partition coefficient (Wildman–Crippen LogP) is -2.32. The molecule has 2 heterocycles. The molecule has 1 aliphatic heterocycles. The highest BCUT2D eigenvalue weighted by Gasteiger charge is 2.34. The van der Waals surface area contributed by atoms with Crippen molar-refractivity contribution in [3.8, 4) is 0 Å². The maximum Gasteiger partial charge on any atom is 0.245 e. The average molecular weight is 920 g/mol. The van der Waals surface area contributed by atoms with Gasteiger partial charge in [-0.25, -0.2) is 4.98 Å². The number of aliphatic hydroxyl groups is 1. The summed E-state index contributed by atoms with van der Waals surface area (Å²) in [6, 6.07) is -8.53. The normalized spacial score (nSPS) is 19.9. The van der Waals surface area contributed by atoms with E-state index in [0.717, 1.165) is 25.7 Å². The Morgan fingerprint density at radius 1 is 0.754 bits per heavy atom. The molecule has 0 bridgehead atoms. The predicted molar refractivity (Wildman–Crippen MR) is 233 cm³/mol. The number of nitrogens with one attached hydrogen (secondary N) is 8. The van der Waals surface area contributed by atoms with Crippen molar-refractivity contribution in [3.63, 3.8) is 0 Å². The molecule has 1 fully saturated rings. The Morgan fingerprint density at radius 2 is 1.34 bits per heavy atom. The highest BCUT2D eigenvalue weighted by atomic mass is 16.5. The van der Waals surface area contributed by atoms with Crippen LogP contribution in [0.4, 0.5) is 0 Å². The number of nitrogens with zero attached hydrogens (tertiary/aromatic N) is 1. The first-order valence-corrected chi connectivity index (χ1v) is 22.2. The van der Waals surface area contributed by atoms with Crippen LogP contribution >= 0.6 is 0 Å². The number of aromatic amines is 1. The monoisotopic (exact) mass is 920 g/mol. The molecule has 0 unspecified atom stereocenters. The highest BCUT2D eigenvalue weighted by molar-refractivity contribution is 5.98. The van der Waals surface area contributed by atoms with E-state index in [1.807, 2.05) is 0 Å². The van der Waals surface area contributed by atoms with Crippen LogP contribution < -0.4 is 48.7 Å². The summed E-state index contributed by atoms with van der Waals surface area (Å²) in [6.07, 6.45) is 8.50. The van der Waals surface area contributed by atoms with Crippen LogP contribution in [-0.2, 0) is 59.1 Å². The van der Waals surface area contributed by atoms with Crippen molar-refractivity contribution in [2.24, 2.45) is 17.4 Å². The molecule has 1 aliphatic rings. The summed E-state index contributed by atoms with van der Waals surface area (Å²) in [5.74, 6) is -7.24. The minimum Gasteiger partial charge on any atom is -0.391 e. The number of hydrogen-bond donors (Lipinski definition) is 11. The quantitative estimate of drug-likeness (QED) is 0.0435. The molecule has 0 spiro atoms. The summed E-state index contributed by atoms with van der Waals surface area (Å²) >= 11 is 0. The number of nitrogens with two attached hydrogens (primary N) is 2. The Labute approximate surface area is 378 Å². The van der Waals surface area contributed by atoms with Crippen molar-refractivity contribution < 1.29 is 57.8 Å². The number of rotatable bonds is 26. The molecule has 0 aromatic carbocycles. The Morgan fingerprint density at radius 3 is 1.94 bits per heavy atom. The third kappa shape index (κ3) is 22.5. The lowest BCUT2D eigenvalue weighted by molar-refractivity contribution is -0.138. The van der Waals surface area contributed by atoms with Gasteiger partial charge in [0.2, 0.25) is 53.2 Å². The maximum absolute atomic E-state index is 13.8. The number of hydrogen-bond acceptors (Lipinski definition) is 13. The molecule has 0 saturated carbocycles. The summed E-state index contributed by atoms with van der Waals surface area (Å²) in [6.45, 7) is 4.96. The van der Waals surface area contributed by atoms with Crippen LogP contribution in [0.5, 0.6) is 0 Å². The van der Waals surface area contributed by atoms with Gasteiger partial charge in [0.15, 0.2) is 5.78 Å². The Hall–Kier alpha value is -5.97. The van der Waals surface area contributed by atoms with Gasteiger partial charge in [-0.05, 0) is 39.0 Å². The van der Waals surface area contributed by atoms with Crippen LogP contribution in [0.3, 0.4) is 0 Å². The van der Waals surface area contributed by atoms with E-state index in [2.05, 4.69) is 61.0 Å². The SMILES string of the molecule is CC(C)CCCCCCCCCC(=O)N[C@H](C(=O)NCC(=O)N[C@@H](C)C(=O)N[C@H]1COCC(=O)[C@H](CCC(N)=O)NC(=O)[C@H](CCC(N)=O)NC(=O)[C@H](Cc2ncc[nH]2)NC1=O)[C@@H](C)O. The number of amides is 9. The van der Waals surface area contributed by atoms with E-state index in [0.29, 0.717) is 12.3 Å². The van der Waals surface area contributed by atoms with E-state index in [1.54, 1.807) is 0 Å². The molecule has 23 nitrogen and oxygen atoms in total. The van der Waals surface area contributed by atoms with Gasteiger partial charge in [0.05, 0.1) is 25.3 Å². The van der Waals surface area contributed by atoms with Crippen molar-refractivity contribution >= 4 is 58.9 Å². The fourth-order valence-electron chi connectivity index (χ4n) is 6.65. The number of aliphatic hydroxyl groups excluding tert-OH is 1. The number of Topliss-reactive ketones (excluding diaryl/α,β-unsaturated/α-hetero) is 1. The molecule has 9 amide bonds. The van der Waals surface area contributed by atoms with Crippen LogP contribution in [0.15, 0.2) is 12.4 Å². The van der Waals surface area contributed by atoms with Crippen molar-refractivity contribution in [1.29, 1.82) is 0 Å². The first-order valence-electron chi connectivity index (χ1n) is 22.2. The number of carbonyl (C=O) groups is 10. The third-order valence-corrected chi connectivity index (χ3v) is 10.4. The zero-order chi connectivity index (χ0) is 48.5. The topological polar surface area (TPSA) is 365 Å². The smallest absolute Gasteiger partial charge is 0.245 e. The van der Waals surface area contributed by atoms with E-state index in [-0.39, 0.29) is 44.3 Å². The third-order valence-electron chi connectivity index (χ3n) is 10.4. The van der Waals surface area contributed by atoms with Crippen LogP contribution in [0.2, 0.25) is 0 Å². The van der Waals surface area contributed by atoms with E-state index in [9.17, 15) is 53.1 Å². The number of imidazole rings is 1.